The standard InChI is InChI=1S/C20H25N3O2/c24-19-9-5-4-8-18(19)23-14-12-22(13-15-23)16-20(25)21-11-10-17-6-2-1-3-7-17/h1-9,24H,10-16H2,(H,21,25). The molecule has 2 N–H and O–H groups in total. The van der Waals surface area contributed by atoms with Crippen LogP contribution in [0.4, 0.5) is 5.69 Å². The van der Waals surface area contributed by atoms with Crippen molar-refractivity contribution < 1.29 is 9.90 Å². The first-order valence-corrected chi connectivity index (χ1v) is 8.78. The Kier molecular flexibility index (Phi) is 5.90. The van der Waals surface area contributed by atoms with E-state index in [0.717, 1.165) is 38.3 Å². The predicted molar refractivity (Wildman–Crippen MR) is 99.9 cm³/mol. The number of hydrogen-bond donors (Lipinski definition) is 2. The monoisotopic (exact) mass is 339 g/mol. The van der Waals surface area contributed by atoms with E-state index in [2.05, 4.69) is 27.2 Å². The van der Waals surface area contributed by atoms with Crippen LogP contribution in [0.15, 0.2) is 54.6 Å². The summed E-state index contributed by atoms with van der Waals surface area (Å²) in [5.41, 5.74) is 2.11. The number of nitrogens with one attached hydrogen (secondary N) is 1. The molecule has 1 heterocycles. The molecule has 5 nitrogen and oxygen atoms in total. The van der Waals surface area contributed by atoms with Crippen molar-refractivity contribution in [1.82, 2.24) is 10.2 Å². The number of piperazine rings is 1. The lowest BCUT2D eigenvalue weighted by Crippen LogP contribution is -2.49. The van der Waals surface area contributed by atoms with Crippen LogP contribution in [0, 0.1) is 0 Å². The minimum absolute atomic E-state index is 0.0759. The molecule has 1 fully saturated rings. The fourth-order valence-corrected chi connectivity index (χ4v) is 3.13. The third kappa shape index (κ3) is 4.97. The molecule has 0 aliphatic carbocycles. The number of rotatable bonds is 6. The van der Waals surface area contributed by atoms with Crippen LogP contribution in [-0.2, 0) is 11.2 Å². The molecule has 1 amide bonds. The number of benzene rings is 2. The lowest BCUT2D eigenvalue weighted by atomic mass is 10.1. The summed E-state index contributed by atoms with van der Waals surface area (Å²) in [6.45, 7) is 4.37. The van der Waals surface area contributed by atoms with Crippen LogP contribution in [-0.4, -0.2) is 55.2 Å². The molecular formula is C20H25N3O2. The molecule has 2 aromatic rings. The molecule has 0 aromatic heterocycles. The van der Waals surface area contributed by atoms with E-state index in [1.165, 1.54) is 5.56 Å². The van der Waals surface area contributed by atoms with Crippen molar-refractivity contribution in [3.8, 4) is 5.75 Å². The first-order valence-electron chi connectivity index (χ1n) is 8.78. The fourth-order valence-electron chi connectivity index (χ4n) is 3.13. The molecule has 0 atom stereocenters. The van der Waals surface area contributed by atoms with Gasteiger partial charge in [-0.05, 0) is 24.1 Å². The highest BCUT2D eigenvalue weighted by Gasteiger charge is 2.20. The number of para-hydroxylation sites is 2. The Bertz CT molecular complexity index is 682. The predicted octanol–water partition coefficient (Wildman–Crippen LogP) is 1.87. The topological polar surface area (TPSA) is 55.8 Å². The maximum Gasteiger partial charge on any atom is 0.234 e. The van der Waals surface area contributed by atoms with Crippen molar-refractivity contribution in [1.29, 1.82) is 0 Å². The van der Waals surface area contributed by atoms with Gasteiger partial charge in [-0.2, -0.15) is 0 Å². The maximum absolute atomic E-state index is 12.1. The van der Waals surface area contributed by atoms with Gasteiger partial charge in [0.05, 0.1) is 12.2 Å². The molecule has 0 radical (unpaired) electrons. The van der Waals surface area contributed by atoms with Crippen LogP contribution in [0.3, 0.4) is 0 Å². The average molecular weight is 339 g/mol. The van der Waals surface area contributed by atoms with E-state index in [0.29, 0.717) is 18.8 Å². The Labute approximate surface area is 148 Å². The van der Waals surface area contributed by atoms with E-state index in [4.69, 9.17) is 0 Å². The van der Waals surface area contributed by atoms with Gasteiger partial charge in [0.15, 0.2) is 0 Å². The highest BCUT2D eigenvalue weighted by Crippen LogP contribution is 2.27. The minimum atomic E-state index is 0.0759. The molecule has 0 unspecified atom stereocenters. The van der Waals surface area contributed by atoms with Crippen molar-refractivity contribution in [3.05, 3.63) is 60.2 Å². The van der Waals surface area contributed by atoms with Gasteiger partial charge in [0.1, 0.15) is 5.75 Å². The van der Waals surface area contributed by atoms with Gasteiger partial charge in [0.25, 0.3) is 0 Å². The Hall–Kier alpha value is -2.53. The Morgan fingerprint density at radius 1 is 0.960 bits per heavy atom. The van der Waals surface area contributed by atoms with Crippen LogP contribution in [0.25, 0.3) is 0 Å². The van der Waals surface area contributed by atoms with E-state index >= 15 is 0 Å². The number of nitrogens with zero attached hydrogens (tertiary/aromatic N) is 2. The zero-order valence-corrected chi connectivity index (χ0v) is 14.4. The number of hydrogen-bond acceptors (Lipinski definition) is 4. The highest BCUT2D eigenvalue weighted by atomic mass is 16.3. The number of amides is 1. The first kappa shape index (κ1) is 17.3. The van der Waals surface area contributed by atoms with E-state index in [1.54, 1.807) is 6.07 Å². The number of phenols is 1. The van der Waals surface area contributed by atoms with Crippen LogP contribution >= 0.6 is 0 Å². The largest absolute Gasteiger partial charge is 0.506 e. The van der Waals surface area contributed by atoms with Crippen molar-refractivity contribution in [2.45, 2.75) is 6.42 Å². The average Bonchev–Trinajstić information content (AvgIpc) is 2.64. The number of carbonyl (C=O) groups excluding carboxylic acids is 1. The molecule has 0 bridgehead atoms. The fraction of sp³-hybridized carbons (Fsp3) is 0.350. The number of anilines is 1. The molecule has 1 aliphatic heterocycles. The third-order valence-corrected chi connectivity index (χ3v) is 4.54. The number of carbonyl (C=O) groups is 1. The summed E-state index contributed by atoms with van der Waals surface area (Å²) in [6, 6.07) is 17.6. The van der Waals surface area contributed by atoms with Gasteiger partial charge in [0.2, 0.25) is 5.91 Å². The summed E-state index contributed by atoms with van der Waals surface area (Å²) in [6.07, 6.45) is 0.855. The highest BCUT2D eigenvalue weighted by molar-refractivity contribution is 5.78. The zero-order chi connectivity index (χ0) is 17.5. The van der Waals surface area contributed by atoms with E-state index in [9.17, 15) is 9.90 Å². The minimum Gasteiger partial charge on any atom is -0.506 e. The van der Waals surface area contributed by atoms with Crippen molar-refractivity contribution in [3.63, 3.8) is 0 Å². The van der Waals surface area contributed by atoms with Gasteiger partial charge in [-0.3, -0.25) is 9.69 Å². The molecule has 1 saturated heterocycles. The van der Waals surface area contributed by atoms with E-state index < -0.39 is 0 Å². The van der Waals surface area contributed by atoms with Crippen LogP contribution in [0.1, 0.15) is 5.56 Å². The van der Waals surface area contributed by atoms with Crippen LogP contribution in [0.5, 0.6) is 5.75 Å². The lowest BCUT2D eigenvalue weighted by Gasteiger charge is -2.35. The summed E-state index contributed by atoms with van der Waals surface area (Å²) in [4.78, 5) is 16.4. The summed E-state index contributed by atoms with van der Waals surface area (Å²) in [5.74, 6) is 0.390. The molecule has 3 rings (SSSR count). The second-order valence-electron chi connectivity index (χ2n) is 6.34. The first-order chi connectivity index (χ1) is 12.2. The Morgan fingerprint density at radius 3 is 2.36 bits per heavy atom. The Balaban J connectivity index is 1.38. The molecule has 1 aliphatic rings. The number of aromatic hydroxyl groups is 1. The molecule has 0 spiro atoms. The van der Waals surface area contributed by atoms with Gasteiger partial charge in [-0.25, -0.2) is 0 Å². The van der Waals surface area contributed by atoms with Crippen molar-refractivity contribution in [2.75, 3.05) is 44.2 Å². The summed E-state index contributed by atoms with van der Waals surface area (Å²) in [7, 11) is 0. The smallest absolute Gasteiger partial charge is 0.234 e. The van der Waals surface area contributed by atoms with Gasteiger partial charge in [-0.15, -0.1) is 0 Å². The van der Waals surface area contributed by atoms with E-state index in [1.807, 2.05) is 36.4 Å². The van der Waals surface area contributed by atoms with Gasteiger partial charge in [-0.1, -0.05) is 42.5 Å². The quantitative estimate of drug-likeness (QED) is 0.844. The normalized spacial score (nSPS) is 15.1. The van der Waals surface area contributed by atoms with Gasteiger partial charge >= 0.3 is 0 Å². The Morgan fingerprint density at radius 2 is 1.64 bits per heavy atom. The van der Waals surface area contributed by atoms with Crippen LogP contribution in [0.2, 0.25) is 0 Å². The van der Waals surface area contributed by atoms with Crippen molar-refractivity contribution >= 4 is 11.6 Å². The van der Waals surface area contributed by atoms with Crippen LogP contribution < -0.4 is 10.2 Å². The molecular weight excluding hydrogens is 314 g/mol. The summed E-state index contributed by atoms with van der Waals surface area (Å²) in [5, 5.41) is 12.9. The SMILES string of the molecule is O=C(CN1CCN(c2ccccc2O)CC1)NCCc1ccccc1. The molecule has 132 valence electrons. The second-order valence-corrected chi connectivity index (χ2v) is 6.34. The lowest BCUT2D eigenvalue weighted by molar-refractivity contribution is -0.122. The number of phenolic OH excluding ortho intramolecular Hbond substituents is 1. The maximum atomic E-state index is 12.1. The summed E-state index contributed by atoms with van der Waals surface area (Å²) < 4.78 is 0. The van der Waals surface area contributed by atoms with Crippen molar-refractivity contribution in [2.24, 2.45) is 0 Å². The molecule has 0 saturated carbocycles. The third-order valence-electron chi connectivity index (χ3n) is 4.54. The molecule has 5 heteroatoms. The second kappa shape index (κ2) is 8.53. The van der Waals surface area contributed by atoms with Gasteiger partial charge in [0, 0.05) is 32.7 Å². The van der Waals surface area contributed by atoms with Gasteiger partial charge < -0.3 is 15.3 Å². The zero-order valence-electron chi connectivity index (χ0n) is 14.4. The summed E-state index contributed by atoms with van der Waals surface area (Å²) >= 11 is 0. The van der Waals surface area contributed by atoms with E-state index in [-0.39, 0.29) is 5.91 Å². The molecule has 25 heavy (non-hydrogen) atoms. The molecule has 2 aromatic carbocycles.